The van der Waals surface area contributed by atoms with Gasteiger partial charge >= 0.3 is 0 Å². The van der Waals surface area contributed by atoms with E-state index >= 15 is 0 Å². The topological polar surface area (TPSA) is 26.0 Å². The number of rotatable bonds is 4. The Labute approximate surface area is 70.8 Å². The molecule has 0 bridgehead atoms. The molecule has 0 spiro atoms. The Bertz CT molecular complexity index is 52.1. The van der Waals surface area contributed by atoms with Crippen LogP contribution in [0.15, 0.2) is 0 Å². The molecule has 64 valence electrons. The van der Waals surface area contributed by atoms with Crippen LogP contribution in [-0.2, 0) is 0 Å². The standard InChI is InChI=1S/C8H19N.ClH/c1-4-8(5-2,6-3)7-9;/h4-7,9H2,1-3H3;1H. The van der Waals surface area contributed by atoms with Gasteiger partial charge in [-0.1, -0.05) is 20.8 Å². The third-order valence-corrected chi connectivity index (χ3v) is 2.68. The van der Waals surface area contributed by atoms with Crippen LogP contribution in [0.2, 0.25) is 0 Å². The Morgan fingerprint density at radius 2 is 1.30 bits per heavy atom. The van der Waals surface area contributed by atoms with Crippen LogP contribution >= 0.6 is 12.4 Å². The summed E-state index contributed by atoms with van der Waals surface area (Å²) in [6.45, 7) is 7.51. The molecule has 0 rings (SSSR count). The van der Waals surface area contributed by atoms with Crippen molar-refractivity contribution in [1.29, 1.82) is 0 Å². The molecule has 0 aliphatic rings. The van der Waals surface area contributed by atoms with Gasteiger partial charge in [-0.25, -0.2) is 0 Å². The largest absolute Gasteiger partial charge is 0.330 e. The molecule has 0 aromatic carbocycles. The maximum atomic E-state index is 5.64. The first-order valence-electron chi connectivity index (χ1n) is 3.94. The zero-order valence-corrected chi connectivity index (χ0v) is 8.13. The van der Waals surface area contributed by atoms with Gasteiger partial charge in [-0.2, -0.15) is 0 Å². The molecule has 10 heavy (non-hydrogen) atoms. The Balaban J connectivity index is 0. The molecule has 0 heterocycles. The summed E-state index contributed by atoms with van der Waals surface area (Å²) in [6, 6.07) is 0. The van der Waals surface area contributed by atoms with Crippen molar-refractivity contribution < 1.29 is 0 Å². The van der Waals surface area contributed by atoms with Gasteiger partial charge in [0.15, 0.2) is 0 Å². The van der Waals surface area contributed by atoms with Crippen molar-refractivity contribution >= 4 is 12.4 Å². The van der Waals surface area contributed by atoms with E-state index in [0.29, 0.717) is 5.41 Å². The zero-order valence-electron chi connectivity index (χ0n) is 7.31. The minimum absolute atomic E-state index is 0. The van der Waals surface area contributed by atoms with Crippen LogP contribution in [0.25, 0.3) is 0 Å². The Kier molecular flexibility index (Phi) is 7.72. The van der Waals surface area contributed by atoms with Gasteiger partial charge in [-0.15, -0.1) is 12.4 Å². The van der Waals surface area contributed by atoms with Gasteiger partial charge in [-0.3, -0.25) is 0 Å². The van der Waals surface area contributed by atoms with Crippen molar-refractivity contribution in [2.45, 2.75) is 40.0 Å². The molecule has 0 atom stereocenters. The van der Waals surface area contributed by atoms with Crippen LogP contribution < -0.4 is 5.73 Å². The normalized spacial score (nSPS) is 10.8. The molecule has 0 fully saturated rings. The summed E-state index contributed by atoms with van der Waals surface area (Å²) in [7, 11) is 0. The lowest BCUT2D eigenvalue weighted by atomic mass is 9.80. The maximum Gasteiger partial charge on any atom is -0.00208 e. The predicted octanol–water partition coefficient (Wildman–Crippen LogP) is 2.58. The average Bonchev–Trinajstić information content (AvgIpc) is 1.95. The van der Waals surface area contributed by atoms with E-state index in [0.717, 1.165) is 6.54 Å². The summed E-state index contributed by atoms with van der Waals surface area (Å²) >= 11 is 0. The van der Waals surface area contributed by atoms with Crippen LogP contribution in [0.4, 0.5) is 0 Å². The fourth-order valence-corrected chi connectivity index (χ4v) is 1.18. The Morgan fingerprint density at radius 1 is 1.00 bits per heavy atom. The number of hydrogen-bond acceptors (Lipinski definition) is 1. The third-order valence-electron chi connectivity index (χ3n) is 2.68. The van der Waals surface area contributed by atoms with Gasteiger partial charge in [0.05, 0.1) is 0 Å². The molecule has 0 radical (unpaired) electrons. The first kappa shape index (κ1) is 12.9. The maximum absolute atomic E-state index is 5.64. The van der Waals surface area contributed by atoms with Gasteiger partial charge in [0, 0.05) is 0 Å². The van der Waals surface area contributed by atoms with Crippen molar-refractivity contribution in [3.63, 3.8) is 0 Å². The quantitative estimate of drug-likeness (QED) is 0.681. The molecule has 0 aromatic rings. The molecule has 2 N–H and O–H groups in total. The molecule has 0 unspecified atom stereocenters. The van der Waals surface area contributed by atoms with Crippen LogP contribution in [-0.4, -0.2) is 6.54 Å². The minimum atomic E-state index is 0. The van der Waals surface area contributed by atoms with Gasteiger partial charge in [0.25, 0.3) is 0 Å². The minimum Gasteiger partial charge on any atom is -0.330 e. The highest BCUT2D eigenvalue weighted by Gasteiger charge is 2.20. The fourth-order valence-electron chi connectivity index (χ4n) is 1.18. The smallest absolute Gasteiger partial charge is 0.00208 e. The lowest BCUT2D eigenvalue weighted by Crippen LogP contribution is -2.28. The van der Waals surface area contributed by atoms with E-state index in [1.165, 1.54) is 19.3 Å². The molecule has 0 amide bonds. The second-order valence-electron chi connectivity index (χ2n) is 2.76. The number of hydrogen-bond donors (Lipinski definition) is 1. The summed E-state index contributed by atoms with van der Waals surface area (Å²) < 4.78 is 0. The van der Waals surface area contributed by atoms with Crippen LogP contribution in [0, 0.1) is 5.41 Å². The molecular formula is C8H20ClN. The summed E-state index contributed by atoms with van der Waals surface area (Å²) in [5.41, 5.74) is 6.08. The zero-order chi connectivity index (χ0) is 7.33. The monoisotopic (exact) mass is 165 g/mol. The van der Waals surface area contributed by atoms with Crippen LogP contribution in [0.3, 0.4) is 0 Å². The summed E-state index contributed by atoms with van der Waals surface area (Å²) in [5, 5.41) is 0. The van der Waals surface area contributed by atoms with E-state index in [1.807, 2.05) is 0 Å². The molecule has 2 heteroatoms. The van der Waals surface area contributed by atoms with E-state index in [-0.39, 0.29) is 12.4 Å². The van der Waals surface area contributed by atoms with Crippen molar-refractivity contribution in [3.8, 4) is 0 Å². The lowest BCUT2D eigenvalue weighted by molar-refractivity contribution is 0.262. The Hall–Kier alpha value is 0.250. The van der Waals surface area contributed by atoms with Gasteiger partial charge in [-0.05, 0) is 31.2 Å². The SMILES string of the molecule is CCC(CC)(CC)CN.Cl. The molecule has 0 saturated carbocycles. The van der Waals surface area contributed by atoms with Gasteiger partial charge in [0.1, 0.15) is 0 Å². The summed E-state index contributed by atoms with van der Waals surface area (Å²) in [4.78, 5) is 0. The van der Waals surface area contributed by atoms with E-state index in [2.05, 4.69) is 20.8 Å². The highest BCUT2D eigenvalue weighted by Crippen LogP contribution is 2.28. The molecule has 0 saturated heterocycles. The van der Waals surface area contributed by atoms with Crippen molar-refractivity contribution in [2.75, 3.05) is 6.54 Å². The summed E-state index contributed by atoms with van der Waals surface area (Å²) in [6.07, 6.45) is 3.66. The molecule has 0 aromatic heterocycles. The molecule has 0 aliphatic heterocycles. The van der Waals surface area contributed by atoms with Crippen molar-refractivity contribution in [3.05, 3.63) is 0 Å². The fraction of sp³-hybridized carbons (Fsp3) is 1.00. The number of nitrogens with two attached hydrogens (primary N) is 1. The van der Waals surface area contributed by atoms with E-state index < -0.39 is 0 Å². The average molecular weight is 166 g/mol. The van der Waals surface area contributed by atoms with E-state index in [4.69, 9.17) is 5.73 Å². The van der Waals surface area contributed by atoms with Crippen LogP contribution in [0.5, 0.6) is 0 Å². The van der Waals surface area contributed by atoms with Gasteiger partial charge in [0.2, 0.25) is 0 Å². The van der Waals surface area contributed by atoms with Crippen molar-refractivity contribution in [1.82, 2.24) is 0 Å². The van der Waals surface area contributed by atoms with E-state index in [1.54, 1.807) is 0 Å². The molecule has 0 aliphatic carbocycles. The van der Waals surface area contributed by atoms with E-state index in [9.17, 15) is 0 Å². The van der Waals surface area contributed by atoms with Crippen LogP contribution in [0.1, 0.15) is 40.0 Å². The second kappa shape index (κ2) is 5.99. The molecular weight excluding hydrogens is 146 g/mol. The lowest BCUT2D eigenvalue weighted by Gasteiger charge is -2.28. The highest BCUT2D eigenvalue weighted by atomic mass is 35.5. The first-order valence-corrected chi connectivity index (χ1v) is 3.94. The third kappa shape index (κ3) is 2.89. The highest BCUT2D eigenvalue weighted by molar-refractivity contribution is 5.85. The predicted molar refractivity (Wildman–Crippen MR) is 49.6 cm³/mol. The number of halogens is 1. The first-order chi connectivity index (χ1) is 4.24. The second-order valence-corrected chi connectivity index (χ2v) is 2.76. The Morgan fingerprint density at radius 3 is 1.30 bits per heavy atom. The van der Waals surface area contributed by atoms with Gasteiger partial charge < -0.3 is 5.73 Å². The summed E-state index contributed by atoms with van der Waals surface area (Å²) in [5.74, 6) is 0. The molecule has 1 nitrogen and oxygen atoms in total. The van der Waals surface area contributed by atoms with Crippen molar-refractivity contribution in [2.24, 2.45) is 11.1 Å².